The molecule has 0 aliphatic carbocycles. The van der Waals surface area contributed by atoms with E-state index in [2.05, 4.69) is 10.4 Å². The number of nitrogens with one attached hydrogen (secondary N) is 1. The largest absolute Gasteiger partial charge is 0.386 e. The normalized spacial score (nSPS) is 12.5. The molecule has 1 atom stereocenters. The molecule has 19 heavy (non-hydrogen) atoms. The molecule has 1 aromatic heterocycles. The lowest BCUT2D eigenvalue weighted by atomic mass is 10.1. The minimum Gasteiger partial charge on any atom is -0.386 e. The summed E-state index contributed by atoms with van der Waals surface area (Å²) in [6.07, 6.45) is 0.625. The Bertz CT molecular complexity index is 583. The number of anilines is 1. The van der Waals surface area contributed by atoms with Gasteiger partial charge in [0.25, 0.3) is 0 Å². The fourth-order valence-corrected chi connectivity index (χ4v) is 1.86. The van der Waals surface area contributed by atoms with E-state index in [0.29, 0.717) is 0 Å². The Morgan fingerprint density at radius 1 is 1.42 bits per heavy atom. The van der Waals surface area contributed by atoms with Crippen LogP contribution in [0.4, 0.5) is 14.5 Å². The average Bonchev–Trinajstić information content (AvgIpc) is 2.68. The third-order valence-corrected chi connectivity index (χ3v) is 2.82. The molecule has 4 nitrogen and oxygen atoms in total. The van der Waals surface area contributed by atoms with Crippen LogP contribution in [-0.2, 0) is 7.05 Å². The lowest BCUT2D eigenvalue weighted by molar-refractivity contribution is 0.186. The van der Waals surface area contributed by atoms with Gasteiger partial charge in [0.2, 0.25) is 0 Å². The van der Waals surface area contributed by atoms with Gasteiger partial charge in [-0.15, -0.1) is 0 Å². The third-order valence-electron chi connectivity index (χ3n) is 2.82. The highest BCUT2D eigenvalue weighted by atomic mass is 19.1. The van der Waals surface area contributed by atoms with Gasteiger partial charge in [-0.2, -0.15) is 5.10 Å². The highest BCUT2D eigenvalue weighted by molar-refractivity contribution is 5.45. The van der Waals surface area contributed by atoms with Gasteiger partial charge in [-0.05, 0) is 25.1 Å². The first kappa shape index (κ1) is 13.5. The Morgan fingerprint density at radius 3 is 2.79 bits per heavy atom. The Kier molecular flexibility index (Phi) is 3.80. The number of aromatic nitrogens is 2. The molecule has 0 bridgehead atoms. The van der Waals surface area contributed by atoms with Crippen LogP contribution < -0.4 is 5.32 Å². The maximum atomic E-state index is 13.5. The molecule has 0 spiro atoms. The maximum absolute atomic E-state index is 13.5. The predicted octanol–water partition coefficient (Wildman–Crippen LogP) is 2.15. The van der Waals surface area contributed by atoms with Crippen molar-refractivity contribution in [3.63, 3.8) is 0 Å². The first-order chi connectivity index (χ1) is 8.97. The fraction of sp³-hybridized carbons (Fsp3) is 0.308. The Balaban J connectivity index is 2.07. The van der Waals surface area contributed by atoms with Gasteiger partial charge in [-0.1, -0.05) is 0 Å². The molecule has 0 saturated carbocycles. The number of hydrogen-bond acceptors (Lipinski definition) is 3. The first-order valence-electron chi connectivity index (χ1n) is 5.84. The van der Waals surface area contributed by atoms with E-state index in [9.17, 15) is 13.9 Å². The summed E-state index contributed by atoms with van der Waals surface area (Å²) in [6.45, 7) is 1.89. The number of aryl methyl sites for hydroxylation is 2. The number of nitrogens with zero attached hydrogens (tertiary/aromatic N) is 2. The molecule has 0 radical (unpaired) electrons. The van der Waals surface area contributed by atoms with Crippen molar-refractivity contribution in [3.05, 3.63) is 47.3 Å². The molecule has 102 valence electrons. The molecule has 2 aromatic rings. The van der Waals surface area contributed by atoms with Crippen LogP contribution in [0.25, 0.3) is 0 Å². The summed E-state index contributed by atoms with van der Waals surface area (Å²) in [7, 11) is 1.78. The highest BCUT2D eigenvalue weighted by Crippen LogP contribution is 2.20. The van der Waals surface area contributed by atoms with Gasteiger partial charge >= 0.3 is 0 Å². The van der Waals surface area contributed by atoms with Crippen molar-refractivity contribution < 1.29 is 13.9 Å². The number of benzene rings is 1. The van der Waals surface area contributed by atoms with Crippen LogP contribution in [0.3, 0.4) is 0 Å². The summed E-state index contributed by atoms with van der Waals surface area (Å²) in [6, 6.07) is 3.02. The van der Waals surface area contributed by atoms with Crippen molar-refractivity contribution in [2.24, 2.45) is 7.05 Å². The first-order valence-corrected chi connectivity index (χ1v) is 5.84. The molecule has 0 saturated heterocycles. The zero-order valence-corrected chi connectivity index (χ0v) is 10.7. The molecule has 0 aliphatic heterocycles. The highest BCUT2D eigenvalue weighted by Gasteiger charge is 2.14. The standard InChI is InChI=1S/C13H15F2N3O/c1-8-12(7-18(2)17-8)16-6-13(19)10-5-9(14)3-4-11(10)15/h3-5,7,13,16,19H,6H2,1-2H3. The number of aliphatic hydroxyl groups is 1. The monoisotopic (exact) mass is 267 g/mol. The lowest BCUT2D eigenvalue weighted by Gasteiger charge is -2.13. The fourth-order valence-electron chi connectivity index (χ4n) is 1.86. The van der Waals surface area contributed by atoms with E-state index in [1.165, 1.54) is 0 Å². The van der Waals surface area contributed by atoms with Crippen LogP contribution in [0.5, 0.6) is 0 Å². The molecule has 2 rings (SSSR count). The summed E-state index contributed by atoms with van der Waals surface area (Å²) in [5.74, 6) is -1.20. The van der Waals surface area contributed by atoms with Gasteiger partial charge in [0.05, 0.1) is 17.5 Å². The predicted molar refractivity (Wildman–Crippen MR) is 67.8 cm³/mol. The van der Waals surface area contributed by atoms with E-state index in [1.807, 2.05) is 6.92 Å². The van der Waals surface area contributed by atoms with E-state index >= 15 is 0 Å². The molecule has 0 aliphatic rings. The molecule has 1 heterocycles. The smallest absolute Gasteiger partial charge is 0.129 e. The van der Waals surface area contributed by atoms with E-state index < -0.39 is 17.7 Å². The van der Waals surface area contributed by atoms with Gasteiger partial charge in [0.15, 0.2) is 0 Å². The van der Waals surface area contributed by atoms with E-state index in [1.54, 1.807) is 17.9 Å². The quantitative estimate of drug-likeness (QED) is 0.892. The third kappa shape index (κ3) is 3.08. The molecular formula is C13H15F2N3O. The van der Waals surface area contributed by atoms with E-state index in [0.717, 1.165) is 29.6 Å². The molecular weight excluding hydrogens is 252 g/mol. The molecule has 0 fully saturated rings. The zero-order valence-electron chi connectivity index (χ0n) is 10.7. The van der Waals surface area contributed by atoms with Gasteiger partial charge < -0.3 is 10.4 Å². The summed E-state index contributed by atoms with van der Waals surface area (Å²) in [5.41, 5.74) is 1.46. The lowest BCUT2D eigenvalue weighted by Crippen LogP contribution is -2.14. The second-order valence-electron chi connectivity index (χ2n) is 4.36. The summed E-state index contributed by atoms with van der Waals surface area (Å²) in [5, 5.41) is 17.0. The van der Waals surface area contributed by atoms with Crippen molar-refractivity contribution in [1.29, 1.82) is 0 Å². The molecule has 6 heteroatoms. The van der Waals surface area contributed by atoms with Crippen LogP contribution in [-0.4, -0.2) is 21.4 Å². The zero-order chi connectivity index (χ0) is 14.0. The molecule has 0 amide bonds. The van der Waals surface area contributed by atoms with Crippen molar-refractivity contribution in [2.45, 2.75) is 13.0 Å². The second-order valence-corrected chi connectivity index (χ2v) is 4.36. The van der Waals surface area contributed by atoms with Crippen LogP contribution >= 0.6 is 0 Å². The summed E-state index contributed by atoms with van der Waals surface area (Å²) < 4.78 is 28.1. The number of rotatable bonds is 4. The average molecular weight is 267 g/mol. The molecule has 1 unspecified atom stereocenters. The second kappa shape index (κ2) is 5.36. The summed E-state index contributed by atoms with van der Waals surface area (Å²) in [4.78, 5) is 0. The summed E-state index contributed by atoms with van der Waals surface area (Å²) >= 11 is 0. The number of hydrogen-bond donors (Lipinski definition) is 2. The van der Waals surface area contributed by atoms with Crippen LogP contribution in [0.2, 0.25) is 0 Å². The maximum Gasteiger partial charge on any atom is 0.129 e. The van der Waals surface area contributed by atoms with Crippen molar-refractivity contribution >= 4 is 5.69 Å². The Hall–Kier alpha value is -1.95. The minimum atomic E-state index is -1.13. The Morgan fingerprint density at radius 2 is 2.16 bits per heavy atom. The van der Waals surface area contributed by atoms with Crippen molar-refractivity contribution in [2.75, 3.05) is 11.9 Å². The number of aliphatic hydroxyl groups excluding tert-OH is 1. The van der Waals surface area contributed by atoms with Gasteiger partial charge in [0.1, 0.15) is 11.6 Å². The van der Waals surface area contributed by atoms with Crippen LogP contribution in [0.1, 0.15) is 17.4 Å². The van der Waals surface area contributed by atoms with Crippen LogP contribution in [0.15, 0.2) is 24.4 Å². The SMILES string of the molecule is Cc1nn(C)cc1NCC(O)c1cc(F)ccc1F. The molecule has 2 N–H and O–H groups in total. The van der Waals surface area contributed by atoms with Crippen molar-refractivity contribution in [1.82, 2.24) is 9.78 Å². The van der Waals surface area contributed by atoms with Gasteiger partial charge in [0, 0.05) is 25.4 Å². The Labute approximate surface area is 109 Å². The molecule has 1 aromatic carbocycles. The van der Waals surface area contributed by atoms with Gasteiger partial charge in [-0.25, -0.2) is 8.78 Å². The van der Waals surface area contributed by atoms with Crippen molar-refractivity contribution in [3.8, 4) is 0 Å². The van der Waals surface area contributed by atoms with Gasteiger partial charge in [-0.3, -0.25) is 4.68 Å². The van der Waals surface area contributed by atoms with E-state index in [4.69, 9.17) is 0 Å². The van der Waals surface area contributed by atoms with E-state index in [-0.39, 0.29) is 12.1 Å². The number of halogens is 2. The minimum absolute atomic E-state index is 0.0611. The topological polar surface area (TPSA) is 50.1 Å². The van der Waals surface area contributed by atoms with Crippen LogP contribution in [0, 0.1) is 18.6 Å².